The van der Waals surface area contributed by atoms with Crippen molar-refractivity contribution in [3.63, 3.8) is 0 Å². The van der Waals surface area contributed by atoms with Crippen molar-refractivity contribution in [2.24, 2.45) is 0 Å². The number of hydrogen-bond acceptors (Lipinski definition) is 1. The lowest BCUT2D eigenvalue weighted by molar-refractivity contribution is 0.557. The molecule has 0 spiro atoms. The molecule has 0 aromatic heterocycles. The lowest BCUT2D eigenvalue weighted by Gasteiger charge is -2.01. The molecule has 0 N–H and O–H groups in total. The van der Waals surface area contributed by atoms with E-state index in [-0.39, 0.29) is 0 Å². The molecule has 0 rings (SSSR count). The predicted molar refractivity (Wildman–Crippen MR) is 103 cm³/mol. The van der Waals surface area contributed by atoms with Gasteiger partial charge in [0.25, 0.3) is 0 Å². The maximum absolute atomic E-state index is 8.43. The number of unbranched alkanes of at least 4 members (excludes halogenated alkanes) is 13. The average Bonchev–Trinajstić information content (AvgIpc) is 2.57. The Labute approximate surface area is 145 Å². The third-order valence-corrected chi connectivity index (χ3v) is 4.22. The summed E-state index contributed by atoms with van der Waals surface area (Å²) >= 11 is 0. The quantitative estimate of drug-likeness (QED) is 0.198. The number of rotatable bonds is 17. The minimum absolute atomic E-state index is 0.684. The summed E-state index contributed by atoms with van der Waals surface area (Å²) in [6.45, 7) is 2.28. The summed E-state index contributed by atoms with van der Waals surface area (Å²) in [5.41, 5.74) is 0. The van der Waals surface area contributed by atoms with Crippen LogP contribution in [0.5, 0.6) is 0 Å². The number of allylic oxidation sites excluding steroid dienone is 4. The second kappa shape index (κ2) is 21.0. The molecule has 1 heteroatoms. The molecule has 0 saturated heterocycles. The third-order valence-electron chi connectivity index (χ3n) is 4.22. The molecule has 0 aliphatic heterocycles. The van der Waals surface area contributed by atoms with E-state index in [2.05, 4.69) is 37.3 Å². The predicted octanol–water partition coefficient (Wildman–Crippen LogP) is 7.88. The van der Waals surface area contributed by atoms with Crippen LogP contribution in [0.25, 0.3) is 0 Å². The van der Waals surface area contributed by atoms with Crippen molar-refractivity contribution in [1.82, 2.24) is 0 Å². The van der Waals surface area contributed by atoms with Gasteiger partial charge in [0.05, 0.1) is 6.07 Å². The van der Waals surface area contributed by atoms with Crippen LogP contribution in [0.4, 0.5) is 0 Å². The number of nitrogens with zero attached hydrogens (tertiary/aromatic N) is 1. The van der Waals surface area contributed by atoms with Crippen molar-refractivity contribution in [3.05, 3.63) is 24.3 Å². The van der Waals surface area contributed by atoms with E-state index in [0.717, 1.165) is 25.7 Å². The highest BCUT2D eigenvalue weighted by atomic mass is 14.2. The first-order chi connectivity index (χ1) is 11.4. The summed E-state index contributed by atoms with van der Waals surface area (Å²) in [6.07, 6.45) is 29.6. The van der Waals surface area contributed by atoms with Crippen molar-refractivity contribution in [1.29, 1.82) is 5.26 Å². The van der Waals surface area contributed by atoms with E-state index in [1.165, 1.54) is 70.6 Å². The first-order valence-electron chi connectivity index (χ1n) is 10.1. The highest BCUT2D eigenvalue weighted by Crippen LogP contribution is 2.11. The van der Waals surface area contributed by atoms with Gasteiger partial charge in [-0.3, -0.25) is 0 Å². The minimum Gasteiger partial charge on any atom is -0.198 e. The summed E-state index contributed by atoms with van der Waals surface area (Å²) in [4.78, 5) is 0. The van der Waals surface area contributed by atoms with Crippen LogP contribution < -0.4 is 0 Å². The van der Waals surface area contributed by atoms with Crippen LogP contribution in [0.2, 0.25) is 0 Å². The van der Waals surface area contributed by atoms with E-state index in [1.54, 1.807) is 0 Å². The molecule has 0 amide bonds. The van der Waals surface area contributed by atoms with Crippen LogP contribution in [0.15, 0.2) is 24.3 Å². The Morgan fingerprint density at radius 3 is 1.52 bits per heavy atom. The molecule has 0 saturated carbocycles. The van der Waals surface area contributed by atoms with Gasteiger partial charge < -0.3 is 0 Å². The Hall–Kier alpha value is -1.03. The Morgan fingerprint density at radius 1 is 0.565 bits per heavy atom. The summed E-state index contributed by atoms with van der Waals surface area (Å²) in [5.74, 6) is 0. The van der Waals surface area contributed by atoms with E-state index in [1.807, 2.05) is 0 Å². The molecule has 0 aromatic rings. The molecule has 0 bridgehead atoms. The summed E-state index contributed by atoms with van der Waals surface area (Å²) in [7, 11) is 0. The fourth-order valence-electron chi connectivity index (χ4n) is 2.71. The number of nitriles is 1. The average molecular weight is 318 g/mol. The Morgan fingerprint density at radius 2 is 1.00 bits per heavy atom. The fraction of sp³-hybridized carbons (Fsp3) is 0.773. The summed E-state index contributed by atoms with van der Waals surface area (Å²) < 4.78 is 0. The fourth-order valence-corrected chi connectivity index (χ4v) is 2.71. The maximum atomic E-state index is 8.43. The van der Waals surface area contributed by atoms with Crippen molar-refractivity contribution in [2.75, 3.05) is 0 Å². The maximum Gasteiger partial charge on any atom is 0.0621 e. The molecule has 132 valence electrons. The van der Waals surface area contributed by atoms with Gasteiger partial charge in [0, 0.05) is 6.42 Å². The molecule has 0 radical (unpaired) electrons. The Kier molecular flexibility index (Phi) is 20.0. The van der Waals surface area contributed by atoms with Gasteiger partial charge in [-0.15, -0.1) is 0 Å². The van der Waals surface area contributed by atoms with Gasteiger partial charge in [0.1, 0.15) is 0 Å². The SMILES string of the molecule is CCCCCCCCCCCCC=CCCC=CCCCC#N. The van der Waals surface area contributed by atoms with Crippen LogP contribution >= 0.6 is 0 Å². The minimum atomic E-state index is 0.684. The number of hydrogen-bond donors (Lipinski definition) is 0. The molecule has 0 unspecified atom stereocenters. The first kappa shape index (κ1) is 22.0. The van der Waals surface area contributed by atoms with Crippen molar-refractivity contribution in [2.45, 2.75) is 110 Å². The van der Waals surface area contributed by atoms with Crippen LogP contribution in [-0.2, 0) is 0 Å². The van der Waals surface area contributed by atoms with Gasteiger partial charge in [-0.25, -0.2) is 0 Å². The monoisotopic (exact) mass is 317 g/mol. The van der Waals surface area contributed by atoms with Gasteiger partial charge in [0.15, 0.2) is 0 Å². The molecule has 0 aliphatic carbocycles. The zero-order valence-corrected chi connectivity index (χ0v) is 15.6. The zero-order valence-electron chi connectivity index (χ0n) is 15.6. The Balaban J connectivity index is 3.12. The van der Waals surface area contributed by atoms with E-state index < -0.39 is 0 Å². The molecular formula is C22H39N. The van der Waals surface area contributed by atoms with Crippen molar-refractivity contribution < 1.29 is 0 Å². The molecule has 0 fully saturated rings. The van der Waals surface area contributed by atoms with E-state index in [0.29, 0.717) is 6.42 Å². The van der Waals surface area contributed by atoms with Gasteiger partial charge in [-0.1, -0.05) is 89.0 Å². The molecule has 0 aromatic carbocycles. The molecule has 0 atom stereocenters. The van der Waals surface area contributed by atoms with Gasteiger partial charge >= 0.3 is 0 Å². The third kappa shape index (κ3) is 21.0. The lowest BCUT2D eigenvalue weighted by Crippen LogP contribution is -1.81. The molecule has 0 aliphatic rings. The smallest absolute Gasteiger partial charge is 0.0621 e. The van der Waals surface area contributed by atoms with E-state index in [4.69, 9.17) is 5.26 Å². The van der Waals surface area contributed by atoms with Crippen LogP contribution in [0.3, 0.4) is 0 Å². The van der Waals surface area contributed by atoms with Crippen LogP contribution in [0, 0.1) is 11.3 Å². The second-order valence-electron chi connectivity index (χ2n) is 6.54. The highest BCUT2D eigenvalue weighted by Gasteiger charge is 1.91. The lowest BCUT2D eigenvalue weighted by atomic mass is 10.1. The Bertz CT molecular complexity index is 308. The van der Waals surface area contributed by atoms with Crippen LogP contribution in [0.1, 0.15) is 110 Å². The molecule has 23 heavy (non-hydrogen) atoms. The zero-order chi connectivity index (χ0) is 16.8. The summed E-state index contributed by atoms with van der Waals surface area (Å²) in [6, 6.07) is 2.18. The van der Waals surface area contributed by atoms with Crippen molar-refractivity contribution in [3.8, 4) is 6.07 Å². The normalized spacial score (nSPS) is 11.5. The van der Waals surface area contributed by atoms with Gasteiger partial charge in [-0.2, -0.15) is 5.26 Å². The van der Waals surface area contributed by atoms with Gasteiger partial charge in [-0.05, 0) is 38.5 Å². The van der Waals surface area contributed by atoms with E-state index in [9.17, 15) is 0 Å². The van der Waals surface area contributed by atoms with Gasteiger partial charge in [0.2, 0.25) is 0 Å². The molecule has 1 nitrogen and oxygen atoms in total. The summed E-state index contributed by atoms with van der Waals surface area (Å²) in [5, 5.41) is 8.43. The van der Waals surface area contributed by atoms with Crippen molar-refractivity contribution >= 4 is 0 Å². The standard InChI is InChI=1S/C22H39N/c1-2-3-4-5-6-7-8-9-10-11-12-13-14-15-16-17-18-19-20-21-22-23/h13-14,17-18H,2-12,15-16,19-21H2,1H3. The molecular weight excluding hydrogens is 278 g/mol. The first-order valence-corrected chi connectivity index (χ1v) is 10.1. The second-order valence-corrected chi connectivity index (χ2v) is 6.54. The largest absolute Gasteiger partial charge is 0.198 e. The van der Waals surface area contributed by atoms with E-state index >= 15 is 0 Å². The van der Waals surface area contributed by atoms with Crippen LogP contribution in [-0.4, -0.2) is 0 Å². The molecule has 0 heterocycles. The highest BCUT2D eigenvalue weighted by molar-refractivity contribution is 4.88. The topological polar surface area (TPSA) is 23.8 Å².